The lowest BCUT2D eigenvalue weighted by atomic mass is 10.1. The van der Waals surface area contributed by atoms with Crippen molar-refractivity contribution in [2.24, 2.45) is 0 Å². The number of para-hydroxylation sites is 1. The minimum Gasteiger partial charge on any atom is -0.399 e. The van der Waals surface area contributed by atoms with E-state index in [1.165, 1.54) is 6.08 Å². The number of anilines is 2. The van der Waals surface area contributed by atoms with Crippen molar-refractivity contribution >= 4 is 86.4 Å². The Labute approximate surface area is 218 Å². The Kier molecular flexibility index (Phi) is 7.48. The Bertz CT molecular complexity index is 1220. The maximum Gasteiger partial charge on any atom is 0.245 e. The molecule has 3 aromatic rings. The van der Waals surface area contributed by atoms with Gasteiger partial charge in [-0.2, -0.15) is 0 Å². The summed E-state index contributed by atoms with van der Waals surface area (Å²) in [5.41, 5.74) is 8.86. The minimum absolute atomic E-state index is 0.417. The van der Waals surface area contributed by atoms with Gasteiger partial charge in [-0.05, 0) is 54.5 Å². The van der Waals surface area contributed by atoms with Crippen LogP contribution in [0.1, 0.15) is 12.0 Å². The highest BCUT2D eigenvalue weighted by atomic mass is 35.6. The third kappa shape index (κ3) is 5.55. The summed E-state index contributed by atoms with van der Waals surface area (Å²) in [6.07, 6.45) is 4.56. The highest BCUT2D eigenvalue weighted by Crippen LogP contribution is 2.35. The summed E-state index contributed by atoms with van der Waals surface area (Å²) in [5, 5.41) is 4.24. The zero-order valence-electron chi connectivity index (χ0n) is 18.0. The summed E-state index contributed by atoms with van der Waals surface area (Å²) in [5.74, 6) is -0.417. The maximum absolute atomic E-state index is 12.7. The number of benzene rings is 2. The molecule has 0 aliphatic carbocycles. The predicted octanol–water partition coefficient (Wildman–Crippen LogP) is 5.14. The number of hydrogen-bond donors (Lipinski definition) is 2. The van der Waals surface area contributed by atoms with E-state index in [-0.39, 0.29) is 0 Å². The van der Waals surface area contributed by atoms with Crippen LogP contribution in [0.2, 0.25) is 0 Å². The van der Waals surface area contributed by atoms with Crippen LogP contribution in [0, 0.1) is 0 Å². The van der Waals surface area contributed by atoms with Crippen LogP contribution in [0.5, 0.6) is 0 Å². The van der Waals surface area contributed by atoms with Crippen molar-refractivity contribution in [2.45, 2.75) is 16.4 Å². The number of carbonyl (C=O) groups is 1. The number of nitrogens with zero attached hydrogens (tertiary/aromatic N) is 3. The van der Waals surface area contributed by atoms with Gasteiger partial charge in [-0.15, -0.1) is 0 Å². The van der Waals surface area contributed by atoms with Gasteiger partial charge in [0.1, 0.15) is 0 Å². The predicted molar refractivity (Wildman–Crippen MR) is 145 cm³/mol. The number of rotatable bonds is 5. The zero-order chi connectivity index (χ0) is 24.3. The number of thiocarbonyl (C=S) groups is 1. The fraction of sp³-hybridized carbons (Fsp3) is 0.208. The number of alkyl halides is 3. The van der Waals surface area contributed by atoms with E-state index >= 15 is 0 Å². The Morgan fingerprint density at radius 2 is 1.85 bits per heavy atom. The molecule has 1 aromatic heterocycles. The number of amides is 1. The van der Waals surface area contributed by atoms with Crippen molar-refractivity contribution in [1.82, 2.24) is 15.2 Å². The lowest BCUT2D eigenvalue weighted by molar-refractivity contribution is -0.117. The normalized spacial score (nSPS) is 15.7. The monoisotopic (exact) mass is 533 g/mol. The Morgan fingerprint density at radius 3 is 2.59 bits per heavy atom. The smallest absolute Gasteiger partial charge is 0.245 e. The molecule has 0 spiro atoms. The van der Waals surface area contributed by atoms with E-state index in [9.17, 15) is 4.79 Å². The SMILES string of the molecule is Nc1ccc(/C=C/C(=O)NC(N2CCCN(c3cccc4cccnc34)C2=S)C(Cl)(Cl)Cl)cc1. The largest absolute Gasteiger partial charge is 0.399 e. The molecule has 1 atom stereocenters. The van der Waals surface area contributed by atoms with Crippen molar-refractivity contribution < 1.29 is 4.79 Å². The summed E-state index contributed by atoms with van der Waals surface area (Å²) < 4.78 is -1.82. The fourth-order valence-corrected chi connectivity index (χ4v) is 4.72. The van der Waals surface area contributed by atoms with Crippen LogP contribution in [0.15, 0.2) is 66.9 Å². The number of aromatic nitrogens is 1. The van der Waals surface area contributed by atoms with Gasteiger partial charge in [0.15, 0.2) is 11.3 Å². The van der Waals surface area contributed by atoms with Crippen LogP contribution < -0.4 is 16.0 Å². The molecule has 1 amide bonds. The van der Waals surface area contributed by atoms with Gasteiger partial charge in [-0.3, -0.25) is 9.78 Å². The molecule has 10 heteroatoms. The number of halogens is 3. The minimum atomic E-state index is -1.82. The van der Waals surface area contributed by atoms with Crippen LogP contribution in [0.3, 0.4) is 0 Å². The highest BCUT2D eigenvalue weighted by Gasteiger charge is 2.42. The summed E-state index contributed by atoms with van der Waals surface area (Å²) in [4.78, 5) is 21.0. The van der Waals surface area contributed by atoms with Gasteiger partial charge in [0.2, 0.25) is 9.70 Å². The maximum atomic E-state index is 12.7. The molecule has 4 rings (SSSR count). The molecule has 1 aliphatic rings. The fourth-order valence-electron chi connectivity index (χ4n) is 3.81. The van der Waals surface area contributed by atoms with Crippen LogP contribution >= 0.6 is 47.0 Å². The molecule has 3 N–H and O–H groups in total. The van der Waals surface area contributed by atoms with E-state index in [1.54, 1.807) is 41.4 Å². The molecule has 6 nitrogen and oxygen atoms in total. The summed E-state index contributed by atoms with van der Waals surface area (Å²) >= 11 is 24.7. The third-order valence-electron chi connectivity index (χ3n) is 5.42. The molecule has 0 bridgehead atoms. The molecule has 1 aliphatic heterocycles. The molecule has 0 saturated carbocycles. The average Bonchev–Trinajstić information content (AvgIpc) is 2.82. The van der Waals surface area contributed by atoms with Gasteiger partial charge in [-0.25, -0.2) is 0 Å². The Morgan fingerprint density at radius 1 is 1.12 bits per heavy atom. The van der Waals surface area contributed by atoms with E-state index in [0.717, 1.165) is 28.6 Å². The second kappa shape index (κ2) is 10.4. The van der Waals surface area contributed by atoms with Gasteiger partial charge < -0.3 is 20.9 Å². The molecule has 2 heterocycles. The third-order valence-corrected chi connectivity index (χ3v) is 6.50. The number of nitrogens with one attached hydrogen (secondary N) is 1. The quantitative estimate of drug-likeness (QED) is 0.204. The van der Waals surface area contributed by atoms with Crippen molar-refractivity contribution in [2.75, 3.05) is 23.7 Å². The zero-order valence-corrected chi connectivity index (χ0v) is 21.1. The van der Waals surface area contributed by atoms with Crippen LogP contribution in [-0.4, -0.2) is 44.0 Å². The number of nitrogen functional groups attached to an aromatic ring is 1. The van der Waals surface area contributed by atoms with Crippen molar-refractivity contribution in [1.29, 1.82) is 0 Å². The van der Waals surface area contributed by atoms with Crippen molar-refractivity contribution in [3.8, 4) is 0 Å². The first-order valence-electron chi connectivity index (χ1n) is 10.6. The summed E-state index contributed by atoms with van der Waals surface area (Å²) in [6.45, 7) is 1.21. The van der Waals surface area contributed by atoms with Crippen molar-refractivity contribution in [3.05, 3.63) is 72.4 Å². The second-order valence-electron chi connectivity index (χ2n) is 7.79. The van der Waals surface area contributed by atoms with Gasteiger partial charge in [-0.1, -0.05) is 65.1 Å². The van der Waals surface area contributed by atoms with Gasteiger partial charge in [0, 0.05) is 36.4 Å². The van der Waals surface area contributed by atoms with Gasteiger partial charge in [0.05, 0.1) is 11.2 Å². The first-order chi connectivity index (χ1) is 16.2. The number of nitrogens with two attached hydrogens (primary N) is 1. The molecule has 1 unspecified atom stereocenters. The Balaban J connectivity index is 1.57. The van der Waals surface area contributed by atoms with E-state index in [0.29, 0.717) is 23.9 Å². The first-order valence-corrected chi connectivity index (χ1v) is 12.1. The van der Waals surface area contributed by atoms with E-state index in [4.69, 9.17) is 52.8 Å². The van der Waals surface area contributed by atoms with E-state index in [2.05, 4.69) is 10.3 Å². The molecule has 34 heavy (non-hydrogen) atoms. The van der Waals surface area contributed by atoms with E-state index in [1.807, 2.05) is 35.2 Å². The lowest BCUT2D eigenvalue weighted by Crippen LogP contribution is -2.62. The number of hydrogen-bond acceptors (Lipinski definition) is 4. The summed E-state index contributed by atoms with van der Waals surface area (Å²) in [7, 11) is 0. The van der Waals surface area contributed by atoms with Crippen molar-refractivity contribution in [3.63, 3.8) is 0 Å². The molecule has 176 valence electrons. The molecule has 1 saturated heterocycles. The molecular weight excluding hydrogens is 513 g/mol. The van der Waals surface area contributed by atoms with Gasteiger partial charge >= 0.3 is 0 Å². The number of carbonyl (C=O) groups excluding carboxylic acids is 1. The average molecular weight is 535 g/mol. The van der Waals surface area contributed by atoms with Crippen LogP contribution in [0.4, 0.5) is 11.4 Å². The van der Waals surface area contributed by atoms with Crippen LogP contribution in [0.25, 0.3) is 17.0 Å². The highest BCUT2D eigenvalue weighted by molar-refractivity contribution is 7.80. The van der Waals surface area contributed by atoms with Gasteiger partial charge in [0.25, 0.3) is 0 Å². The topological polar surface area (TPSA) is 74.5 Å². The number of pyridine rings is 1. The Hall–Kier alpha value is -2.58. The molecule has 2 aromatic carbocycles. The molecule has 0 radical (unpaired) electrons. The van der Waals surface area contributed by atoms with E-state index < -0.39 is 15.9 Å². The summed E-state index contributed by atoms with van der Waals surface area (Å²) in [6, 6.07) is 16.9. The lowest BCUT2D eigenvalue weighted by Gasteiger charge is -2.44. The second-order valence-corrected chi connectivity index (χ2v) is 10.5. The molecule has 1 fully saturated rings. The number of fused-ring (bicyclic) bond motifs is 1. The van der Waals surface area contributed by atoms with Crippen LogP contribution in [-0.2, 0) is 4.79 Å². The standard InChI is InChI=1S/C24H22Cl3N5OS/c25-24(26,27)22(30-20(33)12-9-16-7-10-18(28)11-8-16)32-15-3-14-31(23(32)34)19-6-1-4-17-5-2-13-29-21(17)19/h1-2,4-13,22H,3,14-15,28H2,(H,30,33)/b12-9+. The molecular formula is C24H22Cl3N5OS. The first kappa shape index (κ1) is 24.5.